The van der Waals surface area contributed by atoms with Crippen LogP contribution in [0.4, 0.5) is 0 Å². The minimum absolute atomic E-state index is 0. The number of aryl methyl sites for hydroxylation is 1. The first-order valence-electron chi connectivity index (χ1n) is 8.85. The third kappa shape index (κ3) is 3.36. The topological polar surface area (TPSA) is 104 Å². The number of aliphatic hydroxyl groups excluding tert-OH is 2. The normalized spacial score (nSPS) is 38.5. The van der Waals surface area contributed by atoms with Gasteiger partial charge in [0, 0.05) is 29.6 Å². The van der Waals surface area contributed by atoms with E-state index in [0.29, 0.717) is 24.2 Å². The van der Waals surface area contributed by atoms with E-state index in [0.717, 1.165) is 31.2 Å². The van der Waals surface area contributed by atoms with Gasteiger partial charge in [0.2, 0.25) is 0 Å². The molecule has 3 aliphatic rings. The van der Waals surface area contributed by atoms with E-state index in [1.807, 2.05) is 6.07 Å². The Labute approximate surface area is 176 Å². The van der Waals surface area contributed by atoms with Crippen molar-refractivity contribution in [2.45, 2.75) is 57.2 Å². The third-order valence-corrected chi connectivity index (χ3v) is 7.28. The molecule has 26 heavy (non-hydrogen) atoms. The summed E-state index contributed by atoms with van der Waals surface area (Å²) in [6.07, 6.45) is 2.95. The Morgan fingerprint density at radius 2 is 1.96 bits per heavy atom. The largest absolute Gasteiger partial charge is 0.446 e. The van der Waals surface area contributed by atoms with Crippen molar-refractivity contribution >= 4 is 40.0 Å². The molecule has 2 saturated carbocycles. The zero-order chi connectivity index (χ0) is 18.0. The van der Waals surface area contributed by atoms with Crippen LogP contribution >= 0.6 is 0 Å². The van der Waals surface area contributed by atoms with Crippen molar-refractivity contribution in [3.63, 3.8) is 0 Å². The summed E-state index contributed by atoms with van der Waals surface area (Å²) in [6, 6.07) is 5.18. The quantitative estimate of drug-likeness (QED) is 0.523. The Morgan fingerprint density at radius 1 is 1.23 bits per heavy atom. The van der Waals surface area contributed by atoms with Gasteiger partial charge in [-0.25, -0.2) is 0 Å². The second-order valence-corrected chi connectivity index (χ2v) is 9.10. The Morgan fingerprint density at radius 3 is 2.65 bits per heavy atom. The van der Waals surface area contributed by atoms with Crippen LogP contribution in [0.1, 0.15) is 49.7 Å². The van der Waals surface area contributed by atoms with Crippen LogP contribution in [0.2, 0.25) is 0 Å². The van der Waals surface area contributed by atoms with Gasteiger partial charge in [-0.15, -0.1) is 0 Å². The van der Waals surface area contributed by atoms with Crippen LogP contribution in [0.15, 0.2) is 18.2 Å². The van der Waals surface area contributed by atoms with Crippen LogP contribution in [0.3, 0.4) is 0 Å². The van der Waals surface area contributed by atoms with Crippen molar-refractivity contribution in [3.05, 3.63) is 29.3 Å². The summed E-state index contributed by atoms with van der Waals surface area (Å²) in [6.45, 7) is 2.10. The second-order valence-electron chi connectivity index (χ2n) is 8.08. The molecule has 1 aromatic rings. The van der Waals surface area contributed by atoms with Crippen LogP contribution < -0.4 is 4.18 Å². The van der Waals surface area contributed by atoms with Gasteiger partial charge in [-0.05, 0) is 78.5 Å². The number of aliphatic hydroxyl groups is 2. The molecule has 0 aliphatic heterocycles. The molecule has 2 fully saturated rings. The van der Waals surface area contributed by atoms with E-state index in [1.165, 1.54) is 5.56 Å². The fourth-order valence-corrected chi connectivity index (χ4v) is 6.07. The number of benzene rings is 1. The van der Waals surface area contributed by atoms with Crippen LogP contribution in [0, 0.1) is 17.3 Å². The molecule has 8 heteroatoms. The molecule has 0 aromatic heterocycles. The van der Waals surface area contributed by atoms with Crippen LogP contribution in [0.5, 0.6) is 5.75 Å². The molecule has 6 atom stereocenters. The van der Waals surface area contributed by atoms with E-state index in [4.69, 9.17) is 4.55 Å². The molecule has 3 N–H and O–H groups in total. The van der Waals surface area contributed by atoms with Crippen molar-refractivity contribution in [1.29, 1.82) is 0 Å². The average molecular weight is 391 g/mol. The van der Waals surface area contributed by atoms with Gasteiger partial charge < -0.3 is 14.4 Å². The zero-order valence-electron chi connectivity index (χ0n) is 15.1. The Kier molecular flexibility index (Phi) is 5.56. The Balaban J connectivity index is 0.00000196. The van der Waals surface area contributed by atoms with Crippen molar-refractivity contribution < 1.29 is 27.4 Å². The number of rotatable bonds is 2. The Bertz CT molecular complexity index is 797. The summed E-state index contributed by atoms with van der Waals surface area (Å²) in [5.41, 5.74) is 2.05. The number of fused-ring (bicyclic) bond motifs is 5. The van der Waals surface area contributed by atoms with Gasteiger partial charge in [0.1, 0.15) is 5.75 Å². The maximum absolute atomic E-state index is 10.9. The maximum Gasteiger partial charge on any atom is 0.446 e. The molecule has 1 radical (unpaired) electrons. The minimum atomic E-state index is -4.51. The standard InChI is InChI=1S/C18H24O6S.Na/c1-18-7-6-13-12-5-3-11(24-25(21,22)23)8-10(12)2-4-14(13)15(18)9-16(19)17(18)20;/h3,5,8,13-17,19-20H,2,4,6-7,9H2,1H3,(H,21,22,23);/t13-,14-,15+,16-,17+,18+;/m0./s1. The molecule has 4 rings (SSSR count). The van der Waals surface area contributed by atoms with Gasteiger partial charge >= 0.3 is 10.4 Å². The molecule has 0 unspecified atom stereocenters. The minimum Gasteiger partial charge on any atom is -0.390 e. The van der Waals surface area contributed by atoms with Gasteiger partial charge in [-0.1, -0.05) is 13.0 Å². The summed E-state index contributed by atoms with van der Waals surface area (Å²) < 4.78 is 35.2. The first kappa shape index (κ1) is 20.6. The molecule has 0 heterocycles. The summed E-state index contributed by atoms with van der Waals surface area (Å²) in [5, 5.41) is 20.6. The van der Waals surface area contributed by atoms with Crippen LogP contribution in [-0.2, 0) is 16.8 Å². The van der Waals surface area contributed by atoms with E-state index in [1.54, 1.807) is 12.1 Å². The van der Waals surface area contributed by atoms with E-state index < -0.39 is 22.6 Å². The molecule has 0 amide bonds. The van der Waals surface area contributed by atoms with E-state index >= 15 is 0 Å². The van der Waals surface area contributed by atoms with E-state index in [-0.39, 0.29) is 40.7 Å². The first-order chi connectivity index (χ1) is 11.7. The molecular weight excluding hydrogens is 367 g/mol. The molecule has 139 valence electrons. The van der Waals surface area contributed by atoms with Gasteiger partial charge in [0.25, 0.3) is 0 Å². The van der Waals surface area contributed by atoms with Gasteiger partial charge in [-0.2, -0.15) is 8.42 Å². The fraction of sp³-hybridized carbons (Fsp3) is 0.667. The van der Waals surface area contributed by atoms with Gasteiger partial charge in [0.15, 0.2) is 0 Å². The summed E-state index contributed by atoms with van der Waals surface area (Å²) in [7, 11) is -4.51. The monoisotopic (exact) mass is 391 g/mol. The van der Waals surface area contributed by atoms with Crippen molar-refractivity contribution in [2.75, 3.05) is 0 Å². The number of hydrogen-bond donors (Lipinski definition) is 3. The predicted octanol–water partition coefficient (Wildman–Crippen LogP) is 1.68. The van der Waals surface area contributed by atoms with E-state index in [9.17, 15) is 18.6 Å². The van der Waals surface area contributed by atoms with Crippen molar-refractivity contribution in [3.8, 4) is 5.75 Å². The molecule has 0 spiro atoms. The molecule has 0 bridgehead atoms. The first-order valence-corrected chi connectivity index (χ1v) is 10.2. The van der Waals surface area contributed by atoms with Gasteiger partial charge in [0.05, 0.1) is 12.2 Å². The number of hydrogen-bond acceptors (Lipinski definition) is 5. The summed E-state index contributed by atoms with van der Waals surface area (Å²) >= 11 is 0. The third-order valence-electron chi connectivity index (χ3n) is 6.87. The van der Waals surface area contributed by atoms with Crippen molar-refractivity contribution in [2.24, 2.45) is 17.3 Å². The second kappa shape index (κ2) is 7.03. The van der Waals surface area contributed by atoms with Crippen molar-refractivity contribution in [1.82, 2.24) is 0 Å². The Hall–Kier alpha value is -0.150. The fourth-order valence-electron chi connectivity index (χ4n) is 5.72. The SMILES string of the molecule is C[C@@]12CC[C@H]3c4ccc(OS(=O)(=O)O)cc4CC[C@@H]3[C@H]1C[C@H](O)[C@H]2O.[Na]. The van der Waals surface area contributed by atoms with Crippen LogP contribution in [0.25, 0.3) is 0 Å². The predicted molar refractivity (Wildman–Crippen MR) is 96.4 cm³/mol. The molecule has 0 saturated heterocycles. The van der Waals surface area contributed by atoms with Gasteiger partial charge in [-0.3, -0.25) is 4.55 Å². The molecule has 6 nitrogen and oxygen atoms in total. The van der Waals surface area contributed by atoms with E-state index in [2.05, 4.69) is 11.1 Å². The van der Waals surface area contributed by atoms with Crippen LogP contribution in [-0.4, -0.2) is 64.9 Å². The smallest absolute Gasteiger partial charge is 0.390 e. The zero-order valence-corrected chi connectivity index (χ0v) is 17.9. The average Bonchev–Trinajstić information content (AvgIpc) is 2.76. The summed E-state index contributed by atoms with van der Waals surface area (Å²) in [5.74, 6) is 1.22. The molecular formula is C18H24NaO6S. The maximum atomic E-state index is 10.9. The molecule has 1 aromatic carbocycles. The molecule has 3 aliphatic carbocycles. The summed E-state index contributed by atoms with van der Waals surface area (Å²) in [4.78, 5) is 0.